The molecule has 1 aliphatic carbocycles. The van der Waals surface area contributed by atoms with Crippen LogP contribution in [0, 0.1) is 11.8 Å². The molecule has 1 aliphatic rings. The van der Waals surface area contributed by atoms with E-state index in [0.29, 0.717) is 27.9 Å². The highest BCUT2D eigenvalue weighted by atomic mass is 35.5. The van der Waals surface area contributed by atoms with Crippen molar-refractivity contribution in [1.29, 1.82) is 0 Å². The first-order valence-electron chi connectivity index (χ1n) is 6.00. The van der Waals surface area contributed by atoms with Gasteiger partial charge in [-0.3, -0.25) is 4.79 Å². The molecule has 2 unspecified atom stereocenters. The third-order valence-electron chi connectivity index (χ3n) is 3.52. The van der Waals surface area contributed by atoms with Gasteiger partial charge in [-0.1, -0.05) is 18.5 Å². The van der Waals surface area contributed by atoms with Crippen LogP contribution in [0.2, 0.25) is 5.02 Å². The predicted octanol–water partition coefficient (Wildman–Crippen LogP) is 2.11. The van der Waals surface area contributed by atoms with Crippen LogP contribution >= 0.6 is 11.6 Å². The van der Waals surface area contributed by atoms with Crippen molar-refractivity contribution in [3.05, 3.63) is 22.7 Å². The highest BCUT2D eigenvalue weighted by Gasteiger charge is 2.34. The minimum atomic E-state index is -0.505. The summed E-state index contributed by atoms with van der Waals surface area (Å²) in [6.07, 6.45) is 1.23. The molecule has 1 aromatic rings. The summed E-state index contributed by atoms with van der Waals surface area (Å²) in [6, 6.07) is 3.23. The van der Waals surface area contributed by atoms with E-state index in [9.17, 15) is 4.79 Å². The van der Waals surface area contributed by atoms with Gasteiger partial charge in [-0.05, 0) is 30.4 Å². The molecule has 1 fully saturated rings. The summed E-state index contributed by atoms with van der Waals surface area (Å²) in [5, 5.41) is 0.472. The van der Waals surface area contributed by atoms with Crippen LogP contribution in [-0.2, 0) is 0 Å². The Balaban J connectivity index is 2.32. The van der Waals surface area contributed by atoms with Gasteiger partial charge >= 0.3 is 0 Å². The molecular weight excluding hydrogens is 250 g/mol. The molecule has 0 heterocycles. The van der Waals surface area contributed by atoms with Crippen molar-refractivity contribution in [2.75, 3.05) is 24.2 Å². The molecule has 18 heavy (non-hydrogen) atoms. The van der Waals surface area contributed by atoms with Crippen LogP contribution in [0.4, 0.5) is 11.4 Å². The molecule has 4 N–H and O–H groups in total. The number of carbonyl (C=O) groups is 1. The maximum Gasteiger partial charge on any atom is 0.250 e. The second-order valence-electron chi connectivity index (χ2n) is 5.12. The van der Waals surface area contributed by atoms with Gasteiger partial charge in [-0.25, -0.2) is 0 Å². The molecule has 0 saturated heterocycles. The second kappa shape index (κ2) is 4.69. The summed E-state index contributed by atoms with van der Waals surface area (Å²) >= 11 is 6.18. The molecule has 1 aromatic carbocycles. The Hall–Kier alpha value is -1.42. The molecule has 2 rings (SSSR count). The van der Waals surface area contributed by atoms with Crippen molar-refractivity contribution in [3.63, 3.8) is 0 Å². The summed E-state index contributed by atoms with van der Waals surface area (Å²) in [7, 11) is 1.93. The van der Waals surface area contributed by atoms with E-state index in [0.717, 1.165) is 12.5 Å². The third-order valence-corrected chi connectivity index (χ3v) is 3.81. The standard InChI is InChI=1S/C13H18ClN3O/c1-7-3-8(7)6-17(2)12-10(13(16)18)4-9(15)5-11(12)14/h4-5,7-8H,3,6,15H2,1-2H3,(H2,16,18). The number of hydrogen-bond acceptors (Lipinski definition) is 3. The fourth-order valence-electron chi connectivity index (χ4n) is 2.29. The number of rotatable bonds is 4. The minimum Gasteiger partial charge on any atom is -0.399 e. The lowest BCUT2D eigenvalue weighted by Gasteiger charge is -2.23. The van der Waals surface area contributed by atoms with E-state index in [4.69, 9.17) is 23.1 Å². The molecule has 2 atom stereocenters. The molecule has 0 bridgehead atoms. The molecule has 4 nitrogen and oxygen atoms in total. The van der Waals surface area contributed by atoms with Crippen molar-refractivity contribution in [3.8, 4) is 0 Å². The topological polar surface area (TPSA) is 72.3 Å². The number of carbonyl (C=O) groups excluding carboxylic acids is 1. The number of halogens is 1. The van der Waals surface area contributed by atoms with E-state index in [1.54, 1.807) is 12.1 Å². The van der Waals surface area contributed by atoms with Gasteiger partial charge in [0.2, 0.25) is 0 Å². The van der Waals surface area contributed by atoms with E-state index in [1.165, 1.54) is 6.42 Å². The van der Waals surface area contributed by atoms with Crippen molar-refractivity contribution in [2.45, 2.75) is 13.3 Å². The Morgan fingerprint density at radius 1 is 1.56 bits per heavy atom. The average molecular weight is 268 g/mol. The molecule has 0 spiro atoms. The first-order chi connectivity index (χ1) is 8.40. The summed E-state index contributed by atoms with van der Waals surface area (Å²) in [5.41, 5.74) is 12.6. The highest BCUT2D eigenvalue weighted by Crippen LogP contribution is 2.40. The van der Waals surface area contributed by atoms with Crippen LogP contribution < -0.4 is 16.4 Å². The lowest BCUT2D eigenvalue weighted by atomic mass is 10.1. The molecule has 98 valence electrons. The van der Waals surface area contributed by atoms with Gasteiger partial charge in [0.05, 0.1) is 16.3 Å². The lowest BCUT2D eigenvalue weighted by molar-refractivity contribution is 0.100. The first kappa shape index (κ1) is 13.0. The zero-order valence-corrected chi connectivity index (χ0v) is 11.4. The molecular formula is C13H18ClN3O. The van der Waals surface area contributed by atoms with E-state index >= 15 is 0 Å². The number of primary amides is 1. The fourth-order valence-corrected chi connectivity index (χ4v) is 2.66. The van der Waals surface area contributed by atoms with E-state index < -0.39 is 5.91 Å². The Bertz CT molecular complexity index is 489. The van der Waals surface area contributed by atoms with Gasteiger partial charge in [0.25, 0.3) is 5.91 Å². The zero-order chi connectivity index (χ0) is 13.4. The Labute approximate surface area is 112 Å². The summed E-state index contributed by atoms with van der Waals surface area (Å²) in [6.45, 7) is 3.10. The number of nitrogens with zero attached hydrogens (tertiary/aromatic N) is 1. The number of anilines is 2. The van der Waals surface area contributed by atoms with Crippen LogP contribution in [0.25, 0.3) is 0 Å². The van der Waals surface area contributed by atoms with Gasteiger partial charge in [0, 0.05) is 19.3 Å². The zero-order valence-electron chi connectivity index (χ0n) is 10.6. The van der Waals surface area contributed by atoms with Gasteiger partial charge in [0.15, 0.2) is 0 Å². The van der Waals surface area contributed by atoms with E-state index in [1.807, 2.05) is 11.9 Å². The van der Waals surface area contributed by atoms with Gasteiger partial charge in [-0.2, -0.15) is 0 Å². The van der Waals surface area contributed by atoms with Gasteiger partial charge in [0.1, 0.15) is 0 Å². The Kier molecular flexibility index (Phi) is 3.39. The number of hydrogen-bond donors (Lipinski definition) is 2. The molecule has 1 amide bonds. The monoisotopic (exact) mass is 267 g/mol. The Morgan fingerprint density at radius 3 is 2.67 bits per heavy atom. The quantitative estimate of drug-likeness (QED) is 0.821. The second-order valence-corrected chi connectivity index (χ2v) is 5.52. The molecule has 0 aliphatic heterocycles. The summed E-state index contributed by atoms with van der Waals surface area (Å²) < 4.78 is 0. The minimum absolute atomic E-state index is 0.385. The molecule has 5 heteroatoms. The van der Waals surface area contributed by atoms with Crippen LogP contribution in [0.15, 0.2) is 12.1 Å². The third kappa shape index (κ3) is 2.53. The smallest absolute Gasteiger partial charge is 0.250 e. The number of nitrogen functional groups attached to an aromatic ring is 1. The van der Waals surface area contributed by atoms with Gasteiger partial charge in [-0.15, -0.1) is 0 Å². The maximum absolute atomic E-state index is 11.5. The van der Waals surface area contributed by atoms with Gasteiger partial charge < -0.3 is 16.4 Å². The number of nitrogens with two attached hydrogens (primary N) is 2. The van der Waals surface area contributed by atoms with Crippen LogP contribution in [-0.4, -0.2) is 19.5 Å². The number of amides is 1. The summed E-state index contributed by atoms with van der Waals surface area (Å²) in [4.78, 5) is 13.5. The van der Waals surface area contributed by atoms with Crippen LogP contribution in [0.5, 0.6) is 0 Å². The van der Waals surface area contributed by atoms with E-state index in [-0.39, 0.29) is 0 Å². The normalized spacial score (nSPS) is 21.7. The predicted molar refractivity (Wildman–Crippen MR) is 74.9 cm³/mol. The van der Waals surface area contributed by atoms with Crippen molar-refractivity contribution >= 4 is 28.9 Å². The fraction of sp³-hybridized carbons (Fsp3) is 0.462. The lowest BCUT2D eigenvalue weighted by Crippen LogP contribution is -2.25. The summed E-state index contributed by atoms with van der Waals surface area (Å²) in [5.74, 6) is 0.913. The average Bonchev–Trinajstić information content (AvgIpc) is 2.92. The highest BCUT2D eigenvalue weighted by molar-refractivity contribution is 6.34. The van der Waals surface area contributed by atoms with E-state index in [2.05, 4.69) is 6.92 Å². The molecule has 0 radical (unpaired) electrons. The van der Waals surface area contributed by atoms with Crippen LogP contribution in [0.3, 0.4) is 0 Å². The Morgan fingerprint density at radius 2 is 2.17 bits per heavy atom. The molecule has 0 aromatic heterocycles. The number of benzene rings is 1. The van der Waals surface area contributed by atoms with Crippen molar-refractivity contribution < 1.29 is 4.79 Å². The van der Waals surface area contributed by atoms with Crippen molar-refractivity contribution in [2.24, 2.45) is 17.6 Å². The maximum atomic E-state index is 11.5. The van der Waals surface area contributed by atoms with Crippen molar-refractivity contribution in [1.82, 2.24) is 0 Å². The SMILES string of the molecule is CC1CC1CN(C)c1c(Cl)cc(N)cc1C(N)=O. The first-order valence-corrected chi connectivity index (χ1v) is 6.38. The van der Waals surface area contributed by atoms with Crippen LogP contribution in [0.1, 0.15) is 23.7 Å². The largest absolute Gasteiger partial charge is 0.399 e. The molecule has 1 saturated carbocycles.